The maximum absolute atomic E-state index is 13.7. The first-order valence-corrected chi connectivity index (χ1v) is 11.6. The molecule has 0 bridgehead atoms. The van der Waals surface area contributed by atoms with Gasteiger partial charge in [0.1, 0.15) is 5.82 Å². The number of carbonyl (C=O) groups excluding carboxylic acids is 1. The number of rotatable bonds is 4. The van der Waals surface area contributed by atoms with E-state index in [2.05, 4.69) is 34.1 Å². The van der Waals surface area contributed by atoms with Gasteiger partial charge in [-0.05, 0) is 77.9 Å². The van der Waals surface area contributed by atoms with Crippen molar-refractivity contribution in [3.63, 3.8) is 0 Å². The van der Waals surface area contributed by atoms with Crippen LogP contribution in [-0.4, -0.2) is 17.9 Å². The van der Waals surface area contributed by atoms with Crippen molar-refractivity contribution in [2.24, 2.45) is 5.92 Å². The maximum atomic E-state index is 13.7. The molecule has 5 heteroatoms. The van der Waals surface area contributed by atoms with Crippen LogP contribution in [0.4, 0.5) is 4.39 Å². The van der Waals surface area contributed by atoms with E-state index < -0.39 is 0 Å². The van der Waals surface area contributed by atoms with Crippen LogP contribution < -0.4 is 0 Å². The Bertz CT molecular complexity index is 1100. The van der Waals surface area contributed by atoms with Crippen molar-refractivity contribution in [3.8, 4) is 0 Å². The molecule has 31 heavy (non-hydrogen) atoms. The van der Waals surface area contributed by atoms with Crippen LogP contribution >= 0.6 is 27.5 Å². The molecule has 1 amide bonds. The van der Waals surface area contributed by atoms with Gasteiger partial charge in [-0.1, -0.05) is 57.9 Å². The Kier molecular flexibility index (Phi) is 5.18. The van der Waals surface area contributed by atoms with Gasteiger partial charge in [0.25, 0.3) is 0 Å². The van der Waals surface area contributed by atoms with E-state index in [0.29, 0.717) is 5.02 Å². The molecule has 2 aliphatic rings. The summed E-state index contributed by atoms with van der Waals surface area (Å²) in [5, 5.41) is 0.644. The van der Waals surface area contributed by atoms with Crippen molar-refractivity contribution in [1.82, 2.24) is 4.90 Å². The topological polar surface area (TPSA) is 20.3 Å². The highest BCUT2D eigenvalue weighted by molar-refractivity contribution is 9.10. The zero-order chi connectivity index (χ0) is 21.8. The van der Waals surface area contributed by atoms with E-state index in [-0.39, 0.29) is 29.1 Å². The monoisotopic (exact) mass is 497 g/mol. The van der Waals surface area contributed by atoms with Crippen LogP contribution in [-0.2, 0) is 16.6 Å². The first-order valence-electron chi connectivity index (χ1n) is 10.5. The summed E-state index contributed by atoms with van der Waals surface area (Å²) in [6, 6.07) is 20.1. The lowest BCUT2D eigenvalue weighted by Gasteiger charge is -2.30. The van der Waals surface area contributed by atoms with Crippen LogP contribution in [0.2, 0.25) is 5.02 Å². The number of halogens is 3. The Morgan fingerprint density at radius 3 is 2.42 bits per heavy atom. The van der Waals surface area contributed by atoms with Crippen LogP contribution in [0.3, 0.4) is 0 Å². The number of hydrogen-bond donors (Lipinski definition) is 0. The summed E-state index contributed by atoms with van der Waals surface area (Å²) in [6.07, 6.45) is 2.92. The molecule has 0 aromatic heterocycles. The minimum atomic E-state index is -0.297. The second-order valence-electron chi connectivity index (χ2n) is 8.67. The van der Waals surface area contributed by atoms with Crippen LogP contribution in [0.5, 0.6) is 0 Å². The summed E-state index contributed by atoms with van der Waals surface area (Å²) >= 11 is 9.65. The number of aryl methyl sites for hydroxylation is 1. The van der Waals surface area contributed by atoms with Crippen molar-refractivity contribution in [2.45, 2.75) is 30.7 Å². The largest absolute Gasteiger partial charge is 0.334 e. The molecule has 0 N–H and O–H groups in total. The average molecular weight is 499 g/mol. The van der Waals surface area contributed by atoms with E-state index in [1.165, 1.54) is 23.3 Å². The Morgan fingerprint density at radius 1 is 1.10 bits per heavy atom. The molecule has 5 rings (SSSR count). The smallest absolute Gasteiger partial charge is 0.227 e. The van der Waals surface area contributed by atoms with Gasteiger partial charge in [0.05, 0.1) is 6.04 Å². The lowest BCUT2D eigenvalue weighted by molar-refractivity contribution is -0.133. The fourth-order valence-electron chi connectivity index (χ4n) is 5.25. The fraction of sp³-hybridized carbons (Fsp3) is 0.269. The van der Waals surface area contributed by atoms with Gasteiger partial charge in [0.15, 0.2) is 0 Å². The predicted octanol–water partition coefficient (Wildman–Crippen LogP) is 6.69. The second kappa shape index (κ2) is 7.75. The van der Waals surface area contributed by atoms with Crippen LogP contribution in [0.1, 0.15) is 41.1 Å². The summed E-state index contributed by atoms with van der Waals surface area (Å²) in [6.45, 7) is 0. The van der Waals surface area contributed by atoms with E-state index in [0.717, 1.165) is 34.9 Å². The van der Waals surface area contributed by atoms with Crippen LogP contribution in [0, 0.1) is 11.7 Å². The SMILES string of the molecule is CN(C(=O)C1CC12CCc1cc(Br)ccc12)C(c1ccc(F)cc1)c1ccc(Cl)cc1. The predicted molar refractivity (Wildman–Crippen MR) is 125 cm³/mol. The van der Waals surface area contributed by atoms with Gasteiger partial charge < -0.3 is 4.90 Å². The molecule has 2 aliphatic carbocycles. The first kappa shape index (κ1) is 20.7. The van der Waals surface area contributed by atoms with Gasteiger partial charge in [-0.3, -0.25) is 4.79 Å². The number of fused-ring (bicyclic) bond motifs is 2. The molecule has 3 aromatic rings. The van der Waals surface area contributed by atoms with Crippen molar-refractivity contribution in [1.29, 1.82) is 0 Å². The standard InChI is InChI=1S/C26H22BrClFNO/c1-30(24(16-2-7-20(28)8-3-16)17-4-9-21(29)10-5-17)25(31)23-15-26(23)13-12-18-14-19(27)6-11-22(18)26/h2-11,14,23-24H,12-13,15H2,1H3. The molecular weight excluding hydrogens is 477 g/mol. The van der Waals surface area contributed by atoms with Crippen molar-refractivity contribution in [2.75, 3.05) is 7.05 Å². The van der Waals surface area contributed by atoms with Crippen LogP contribution in [0.25, 0.3) is 0 Å². The molecule has 3 atom stereocenters. The van der Waals surface area contributed by atoms with Gasteiger partial charge in [-0.15, -0.1) is 0 Å². The summed E-state index contributed by atoms with van der Waals surface area (Å²) in [4.78, 5) is 15.5. The molecule has 0 saturated heterocycles. The molecule has 1 saturated carbocycles. The number of carbonyl (C=O) groups is 1. The number of amides is 1. The molecule has 2 nitrogen and oxygen atoms in total. The van der Waals surface area contributed by atoms with Crippen molar-refractivity contribution >= 4 is 33.4 Å². The summed E-state index contributed by atoms with van der Waals surface area (Å²) in [5.74, 6) is -0.169. The molecule has 1 fully saturated rings. The minimum absolute atomic E-state index is 0.0184. The third-order valence-electron chi connectivity index (χ3n) is 6.92. The summed E-state index contributed by atoms with van der Waals surface area (Å²) < 4.78 is 14.7. The highest BCUT2D eigenvalue weighted by Crippen LogP contribution is 2.62. The zero-order valence-electron chi connectivity index (χ0n) is 17.1. The number of hydrogen-bond acceptors (Lipinski definition) is 1. The lowest BCUT2D eigenvalue weighted by atomic mass is 9.93. The van der Waals surface area contributed by atoms with Crippen molar-refractivity contribution in [3.05, 3.63) is 104 Å². The number of benzene rings is 3. The van der Waals surface area contributed by atoms with E-state index in [1.807, 2.05) is 36.2 Å². The van der Waals surface area contributed by atoms with E-state index in [9.17, 15) is 9.18 Å². The molecule has 0 radical (unpaired) electrons. The minimum Gasteiger partial charge on any atom is -0.334 e. The van der Waals surface area contributed by atoms with Gasteiger partial charge in [0.2, 0.25) is 5.91 Å². The third kappa shape index (κ3) is 3.60. The molecule has 3 aromatic carbocycles. The van der Waals surface area contributed by atoms with Crippen LogP contribution in [0.15, 0.2) is 71.2 Å². The van der Waals surface area contributed by atoms with Crippen molar-refractivity contribution < 1.29 is 9.18 Å². The molecule has 158 valence electrons. The van der Waals surface area contributed by atoms with E-state index in [1.54, 1.807) is 12.1 Å². The fourth-order valence-corrected chi connectivity index (χ4v) is 5.79. The zero-order valence-corrected chi connectivity index (χ0v) is 19.5. The maximum Gasteiger partial charge on any atom is 0.227 e. The first-order chi connectivity index (χ1) is 14.9. The van der Waals surface area contributed by atoms with E-state index in [4.69, 9.17) is 11.6 Å². The molecule has 0 heterocycles. The summed E-state index contributed by atoms with van der Waals surface area (Å²) in [7, 11) is 1.86. The molecule has 0 aliphatic heterocycles. The van der Waals surface area contributed by atoms with Gasteiger partial charge >= 0.3 is 0 Å². The Morgan fingerprint density at radius 2 is 1.74 bits per heavy atom. The second-order valence-corrected chi connectivity index (χ2v) is 10.0. The summed E-state index contributed by atoms with van der Waals surface area (Å²) in [5.41, 5.74) is 4.48. The molecular formula is C26H22BrClFNO. The highest BCUT2D eigenvalue weighted by Gasteiger charge is 2.62. The Labute approximate surface area is 195 Å². The number of nitrogens with zero attached hydrogens (tertiary/aromatic N) is 1. The molecule has 3 unspecified atom stereocenters. The van der Waals surface area contributed by atoms with E-state index >= 15 is 0 Å². The quantitative estimate of drug-likeness (QED) is 0.392. The Balaban J connectivity index is 1.46. The Hall–Kier alpha value is -2.17. The van der Waals surface area contributed by atoms with Gasteiger partial charge in [-0.2, -0.15) is 0 Å². The van der Waals surface area contributed by atoms with Gasteiger partial charge in [-0.25, -0.2) is 4.39 Å². The van der Waals surface area contributed by atoms with Gasteiger partial charge in [0, 0.05) is 27.9 Å². The molecule has 1 spiro atoms. The normalized spacial score (nSPS) is 22.3. The third-order valence-corrected chi connectivity index (χ3v) is 7.67. The lowest BCUT2D eigenvalue weighted by Crippen LogP contribution is -2.34. The average Bonchev–Trinajstić information content (AvgIpc) is 3.39. The highest BCUT2D eigenvalue weighted by atomic mass is 79.9.